The first-order chi connectivity index (χ1) is 9.58. The first kappa shape index (κ1) is 14.6. The molecule has 110 valence electrons. The van der Waals surface area contributed by atoms with Crippen molar-refractivity contribution in [3.63, 3.8) is 0 Å². The van der Waals surface area contributed by atoms with E-state index in [1.807, 2.05) is 13.8 Å². The minimum absolute atomic E-state index is 0.141. The van der Waals surface area contributed by atoms with Gasteiger partial charge >= 0.3 is 5.97 Å². The standard InChI is InChI=1S/C14H19NO5/c1-3-9-5-6-12(20-9)13(16)15(4-2)11-8-19-7-10(11)14(17)18/h5-6,10-11H,3-4,7-8H2,1-2H3,(H,17,18). The van der Waals surface area contributed by atoms with Crippen LogP contribution in [0, 0.1) is 5.92 Å². The fourth-order valence-electron chi connectivity index (χ4n) is 2.44. The number of rotatable bonds is 5. The summed E-state index contributed by atoms with van der Waals surface area (Å²) in [5, 5.41) is 9.18. The van der Waals surface area contributed by atoms with Gasteiger partial charge < -0.3 is 19.2 Å². The zero-order chi connectivity index (χ0) is 14.7. The van der Waals surface area contributed by atoms with Crippen LogP contribution in [0.3, 0.4) is 0 Å². The summed E-state index contributed by atoms with van der Waals surface area (Å²) in [7, 11) is 0. The van der Waals surface area contributed by atoms with Crippen LogP contribution in [-0.4, -0.2) is 47.7 Å². The summed E-state index contributed by atoms with van der Waals surface area (Å²) in [6.45, 7) is 4.56. The number of ether oxygens (including phenoxy) is 1. The van der Waals surface area contributed by atoms with Crippen LogP contribution in [-0.2, 0) is 16.0 Å². The number of furan rings is 1. The molecule has 0 radical (unpaired) electrons. The van der Waals surface area contributed by atoms with Crippen LogP contribution in [0.4, 0.5) is 0 Å². The molecular formula is C14H19NO5. The predicted molar refractivity (Wildman–Crippen MR) is 70.5 cm³/mol. The number of carbonyl (C=O) groups excluding carboxylic acids is 1. The number of hydrogen-bond acceptors (Lipinski definition) is 4. The molecule has 6 nitrogen and oxygen atoms in total. The summed E-state index contributed by atoms with van der Waals surface area (Å²) in [5.41, 5.74) is 0. The molecule has 1 fully saturated rings. The smallest absolute Gasteiger partial charge is 0.311 e. The van der Waals surface area contributed by atoms with Crippen molar-refractivity contribution in [3.05, 3.63) is 23.7 Å². The lowest BCUT2D eigenvalue weighted by atomic mass is 10.0. The molecule has 2 atom stereocenters. The largest absolute Gasteiger partial charge is 0.481 e. The van der Waals surface area contributed by atoms with E-state index in [1.54, 1.807) is 12.1 Å². The van der Waals surface area contributed by atoms with Gasteiger partial charge in [-0.3, -0.25) is 9.59 Å². The molecule has 1 N–H and O–H groups in total. The molecule has 1 saturated heterocycles. The summed E-state index contributed by atoms with van der Waals surface area (Å²) < 4.78 is 10.7. The Balaban J connectivity index is 2.18. The van der Waals surface area contributed by atoms with E-state index in [-0.39, 0.29) is 24.9 Å². The molecule has 0 bridgehead atoms. The minimum Gasteiger partial charge on any atom is -0.481 e. The van der Waals surface area contributed by atoms with Gasteiger partial charge in [-0.05, 0) is 19.1 Å². The zero-order valence-electron chi connectivity index (χ0n) is 11.7. The van der Waals surface area contributed by atoms with Gasteiger partial charge in [-0.15, -0.1) is 0 Å². The van der Waals surface area contributed by atoms with Crippen LogP contribution in [0.1, 0.15) is 30.2 Å². The number of carbonyl (C=O) groups is 2. The van der Waals surface area contributed by atoms with Crippen LogP contribution in [0.2, 0.25) is 0 Å². The molecule has 0 spiro atoms. The Bertz CT molecular complexity index is 496. The van der Waals surface area contributed by atoms with Gasteiger partial charge in [0.25, 0.3) is 5.91 Å². The summed E-state index contributed by atoms with van der Waals surface area (Å²) in [5.74, 6) is -0.914. The summed E-state index contributed by atoms with van der Waals surface area (Å²) in [6, 6.07) is 2.95. The van der Waals surface area contributed by atoms with E-state index in [4.69, 9.17) is 9.15 Å². The van der Waals surface area contributed by atoms with Crippen molar-refractivity contribution in [2.75, 3.05) is 19.8 Å². The van der Waals surface area contributed by atoms with Crippen molar-refractivity contribution >= 4 is 11.9 Å². The van der Waals surface area contributed by atoms with Crippen molar-refractivity contribution < 1.29 is 23.8 Å². The second-order valence-corrected chi connectivity index (χ2v) is 4.76. The van der Waals surface area contributed by atoms with Gasteiger partial charge in [0.1, 0.15) is 11.7 Å². The molecule has 1 aromatic rings. The molecule has 1 aliphatic heterocycles. The van der Waals surface area contributed by atoms with Gasteiger partial charge in [0.15, 0.2) is 5.76 Å². The van der Waals surface area contributed by atoms with Crippen molar-refractivity contribution in [2.45, 2.75) is 26.3 Å². The number of aliphatic carboxylic acids is 1. The number of amides is 1. The fraction of sp³-hybridized carbons (Fsp3) is 0.571. The maximum absolute atomic E-state index is 12.4. The average Bonchev–Trinajstić information content (AvgIpc) is 3.08. The Labute approximate surface area is 117 Å². The maximum Gasteiger partial charge on any atom is 0.311 e. The maximum atomic E-state index is 12.4. The zero-order valence-corrected chi connectivity index (χ0v) is 11.7. The van der Waals surface area contributed by atoms with E-state index in [2.05, 4.69) is 0 Å². The Morgan fingerprint density at radius 1 is 1.35 bits per heavy atom. The van der Waals surface area contributed by atoms with Gasteiger partial charge in [0, 0.05) is 13.0 Å². The lowest BCUT2D eigenvalue weighted by Crippen LogP contribution is -2.46. The molecule has 0 aromatic carbocycles. The molecule has 0 aliphatic carbocycles. The molecule has 20 heavy (non-hydrogen) atoms. The van der Waals surface area contributed by atoms with Crippen LogP contribution in [0.25, 0.3) is 0 Å². The van der Waals surface area contributed by atoms with Gasteiger partial charge in [-0.2, -0.15) is 0 Å². The first-order valence-electron chi connectivity index (χ1n) is 6.78. The lowest BCUT2D eigenvalue weighted by Gasteiger charge is -2.28. The Hall–Kier alpha value is -1.82. The average molecular weight is 281 g/mol. The quantitative estimate of drug-likeness (QED) is 0.882. The van der Waals surface area contributed by atoms with Crippen LogP contribution in [0.5, 0.6) is 0 Å². The molecule has 2 unspecified atom stereocenters. The molecule has 1 amide bonds. The van der Waals surface area contributed by atoms with Crippen molar-refractivity contribution in [1.29, 1.82) is 0 Å². The summed E-state index contributed by atoms with van der Waals surface area (Å²) in [4.78, 5) is 25.2. The van der Waals surface area contributed by atoms with Crippen molar-refractivity contribution in [1.82, 2.24) is 4.90 Å². The predicted octanol–water partition coefficient (Wildman–Crippen LogP) is 1.40. The topological polar surface area (TPSA) is 80.0 Å². The highest BCUT2D eigenvalue weighted by Crippen LogP contribution is 2.22. The highest BCUT2D eigenvalue weighted by Gasteiger charge is 2.40. The number of carboxylic acid groups (broad SMARTS) is 1. The monoisotopic (exact) mass is 281 g/mol. The Morgan fingerprint density at radius 2 is 2.10 bits per heavy atom. The number of aryl methyl sites for hydroxylation is 1. The highest BCUT2D eigenvalue weighted by atomic mass is 16.5. The SMILES string of the molecule is CCc1ccc(C(=O)N(CC)C2COCC2C(=O)O)o1. The lowest BCUT2D eigenvalue weighted by molar-refractivity contribution is -0.142. The number of carboxylic acids is 1. The van der Waals surface area contributed by atoms with E-state index in [0.29, 0.717) is 13.0 Å². The third kappa shape index (κ3) is 2.70. The number of likely N-dealkylation sites (N-methyl/N-ethyl adjacent to an activating group) is 1. The molecule has 2 heterocycles. The third-order valence-corrected chi connectivity index (χ3v) is 3.59. The van der Waals surface area contributed by atoms with E-state index < -0.39 is 17.9 Å². The van der Waals surface area contributed by atoms with Crippen LogP contribution in [0.15, 0.2) is 16.5 Å². The van der Waals surface area contributed by atoms with Gasteiger partial charge in [-0.25, -0.2) is 0 Å². The number of nitrogens with zero attached hydrogens (tertiary/aromatic N) is 1. The van der Waals surface area contributed by atoms with E-state index >= 15 is 0 Å². The fourth-order valence-corrected chi connectivity index (χ4v) is 2.44. The van der Waals surface area contributed by atoms with Gasteiger partial charge in [-0.1, -0.05) is 6.92 Å². The minimum atomic E-state index is -0.938. The molecular weight excluding hydrogens is 262 g/mol. The third-order valence-electron chi connectivity index (χ3n) is 3.59. The van der Waals surface area contributed by atoms with Crippen LogP contribution < -0.4 is 0 Å². The molecule has 6 heteroatoms. The highest BCUT2D eigenvalue weighted by molar-refractivity contribution is 5.92. The van der Waals surface area contributed by atoms with E-state index in [0.717, 1.165) is 5.76 Å². The summed E-state index contributed by atoms with van der Waals surface area (Å²) >= 11 is 0. The molecule has 2 rings (SSSR count). The first-order valence-corrected chi connectivity index (χ1v) is 6.78. The Morgan fingerprint density at radius 3 is 2.65 bits per heavy atom. The van der Waals surface area contributed by atoms with E-state index in [1.165, 1.54) is 4.90 Å². The van der Waals surface area contributed by atoms with Gasteiger partial charge in [0.05, 0.1) is 19.3 Å². The van der Waals surface area contributed by atoms with Crippen molar-refractivity contribution in [2.24, 2.45) is 5.92 Å². The van der Waals surface area contributed by atoms with E-state index in [9.17, 15) is 14.7 Å². The number of hydrogen-bond donors (Lipinski definition) is 1. The molecule has 1 aliphatic rings. The molecule has 0 saturated carbocycles. The second kappa shape index (κ2) is 6.09. The molecule has 1 aromatic heterocycles. The van der Waals surface area contributed by atoms with Crippen molar-refractivity contribution in [3.8, 4) is 0 Å². The van der Waals surface area contributed by atoms with Crippen LogP contribution >= 0.6 is 0 Å². The second-order valence-electron chi connectivity index (χ2n) is 4.76. The van der Waals surface area contributed by atoms with Gasteiger partial charge in [0.2, 0.25) is 0 Å². The Kier molecular flexibility index (Phi) is 4.44. The normalized spacial score (nSPS) is 21.9. The summed E-state index contributed by atoms with van der Waals surface area (Å²) in [6.07, 6.45) is 0.712.